The Bertz CT molecular complexity index is 518. The molecule has 0 atom stereocenters. The van der Waals surface area contributed by atoms with E-state index in [1.54, 1.807) is 0 Å². The van der Waals surface area contributed by atoms with Crippen molar-refractivity contribution in [3.05, 3.63) is 23.8 Å². The first-order chi connectivity index (χ1) is 8.66. The molecule has 0 saturated carbocycles. The zero-order chi connectivity index (χ0) is 14.8. The van der Waals surface area contributed by atoms with E-state index >= 15 is 0 Å². The predicted octanol–water partition coefficient (Wildman–Crippen LogP) is 1.93. The number of aromatic carboxylic acids is 1. The van der Waals surface area contributed by atoms with E-state index in [0.29, 0.717) is 6.07 Å². The fourth-order valence-electron chi connectivity index (χ4n) is 1.10. The maximum absolute atomic E-state index is 12.6. The van der Waals surface area contributed by atoms with Crippen LogP contribution in [0.25, 0.3) is 0 Å². The minimum Gasteiger partial charge on any atom is -0.507 e. The molecule has 0 aliphatic carbocycles. The summed E-state index contributed by atoms with van der Waals surface area (Å²) >= 11 is 0. The molecule has 1 aromatic carbocycles. The van der Waals surface area contributed by atoms with Gasteiger partial charge in [0.1, 0.15) is 11.3 Å². The number of hydrogen-bond donors (Lipinski definition) is 3. The molecule has 0 spiro atoms. The minimum atomic E-state index is -4.90. The lowest BCUT2D eigenvalue weighted by Gasteiger charge is -2.15. The molecule has 0 bridgehead atoms. The van der Waals surface area contributed by atoms with Gasteiger partial charge in [0.05, 0.1) is 0 Å². The zero-order valence-electron chi connectivity index (χ0n) is 9.03. The van der Waals surface area contributed by atoms with Crippen LogP contribution < -0.4 is 5.32 Å². The van der Waals surface area contributed by atoms with E-state index in [1.807, 2.05) is 0 Å². The van der Waals surface area contributed by atoms with Crippen LogP contribution in [0.15, 0.2) is 18.2 Å². The van der Waals surface area contributed by atoms with Crippen LogP contribution in [0.3, 0.4) is 0 Å². The highest BCUT2D eigenvalue weighted by Gasteiger charge is 2.48. The van der Waals surface area contributed by atoms with Crippen LogP contribution in [0.1, 0.15) is 10.4 Å². The number of carbonyl (C=O) groups excluding carboxylic acids is 1. The standard InChI is InChI=1S/C10H7F4NO4/c11-8(12)10(13,14)9(19)15-4-1-2-6(16)5(3-4)7(17)18/h1-3,8,16H,(H,15,19)(H,17,18). The second-order valence-corrected chi connectivity index (χ2v) is 3.41. The summed E-state index contributed by atoms with van der Waals surface area (Å²) in [6.07, 6.45) is -4.19. The van der Waals surface area contributed by atoms with Gasteiger partial charge in [-0.2, -0.15) is 8.78 Å². The Hall–Kier alpha value is -2.32. The van der Waals surface area contributed by atoms with Gasteiger partial charge in [0.25, 0.3) is 0 Å². The third-order valence-corrected chi connectivity index (χ3v) is 2.06. The van der Waals surface area contributed by atoms with Gasteiger partial charge in [0.15, 0.2) is 0 Å². The van der Waals surface area contributed by atoms with Gasteiger partial charge in [-0.3, -0.25) is 4.79 Å². The molecule has 9 heteroatoms. The zero-order valence-corrected chi connectivity index (χ0v) is 9.03. The number of carbonyl (C=O) groups is 2. The summed E-state index contributed by atoms with van der Waals surface area (Å²) < 4.78 is 49.1. The molecule has 0 radical (unpaired) electrons. The highest BCUT2D eigenvalue weighted by molar-refractivity contribution is 5.98. The average Bonchev–Trinajstić information content (AvgIpc) is 2.30. The lowest BCUT2D eigenvalue weighted by Crippen LogP contribution is -2.41. The van der Waals surface area contributed by atoms with Crippen molar-refractivity contribution in [2.45, 2.75) is 12.3 Å². The first kappa shape index (κ1) is 14.7. The monoisotopic (exact) mass is 281 g/mol. The van der Waals surface area contributed by atoms with Crippen LogP contribution >= 0.6 is 0 Å². The SMILES string of the molecule is O=C(O)c1cc(NC(=O)C(F)(F)C(F)F)ccc1O. The molecular weight excluding hydrogens is 274 g/mol. The molecule has 1 aromatic rings. The van der Waals surface area contributed by atoms with Crippen molar-refractivity contribution in [1.29, 1.82) is 0 Å². The van der Waals surface area contributed by atoms with Gasteiger partial charge < -0.3 is 15.5 Å². The van der Waals surface area contributed by atoms with Crippen LogP contribution in [0.4, 0.5) is 23.2 Å². The largest absolute Gasteiger partial charge is 0.507 e. The van der Waals surface area contributed by atoms with Gasteiger partial charge in [-0.05, 0) is 18.2 Å². The van der Waals surface area contributed by atoms with Crippen molar-refractivity contribution in [2.24, 2.45) is 0 Å². The van der Waals surface area contributed by atoms with Gasteiger partial charge >= 0.3 is 24.2 Å². The number of anilines is 1. The number of hydrogen-bond acceptors (Lipinski definition) is 3. The van der Waals surface area contributed by atoms with Crippen LogP contribution in [0.2, 0.25) is 0 Å². The summed E-state index contributed by atoms with van der Waals surface area (Å²) in [5, 5.41) is 19.2. The first-order valence-electron chi connectivity index (χ1n) is 4.70. The summed E-state index contributed by atoms with van der Waals surface area (Å²) in [4.78, 5) is 21.5. The molecule has 3 N–H and O–H groups in total. The third kappa shape index (κ3) is 3.12. The van der Waals surface area contributed by atoms with E-state index in [1.165, 1.54) is 5.32 Å². The normalized spacial score (nSPS) is 11.4. The molecule has 1 amide bonds. The Kier molecular flexibility index (Phi) is 3.98. The molecule has 0 heterocycles. The van der Waals surface area contributed by atoms with Gasteiger partial charge in [-0.1, -0.05) is 0 Å². The first-order valence-corrected chi connectivity index (χ1v) is 4.70. The minimum absolute atomic E-state index is 0.458. The number of phenols is 1. The maximum atomic E-state index is 12.6. The quantitative estimate of drug-likeness (QED) is 0.581. The molecule has 0 aliphatic heterocycles. The Morgan fingerprint density at radius 2 is 1.84 bits per heavy atom. The van der Waals surface area contributed by atoms with Crippen molar-refractivity contribution in [3.63, 3.8) is 0 Å². The van der Waals surface area contributed by atoms with Crippen LogP contribution in [-0.4, -0.2) is 34.4 Å². The highest BCUT2D eigenvalue weighted by Crippen LogP contribution is 2.26. The summed E-state index contributed by atoms with van der Waals surface area (Å²) in [7, 11) is 0. The maximum Gasteiger partial charge on any atom is 0.383 e. The van der Waals surface area contributed by atoms with E-state index in [-0.39, 0.29) is 0 Å². The van der Waals surface area contributed by atoms with E-state index in [9.17, 15) is 27.2 Å². The number of halogens is 4. The summed E-state index contributed by atoms with van der Waals surface area (Å²) in [6.45, 7) is 0. The van der Waals surface area contributed by atoms with Crippen molar-refractivity contribution in [2.75, 3.05) is 5.32 Å². The van der Waals surface area contributed by atoms with Crippen LogP contribution in [-0.2, 0) is 4.79 Å². The van der Waals surface area contributed by atoms with Gasteiger partial charge in [-0.15, -0.1) is 0 Å². The lowest BCUT2D eigenvalue weighted by molar-refractivity contribution is -0.163. The fraction of sp³-hybridized carbons (Fsp3) is 0.200. The van der Waals surface area contributed by atoms with E-state index < -0.39 is 41.2 Å². The fourth-order valence-corrected chi connectivity index (χ4v) is 1.10. The van der Waals surface area contributed by atoms with Crippen molar-refractivity contribution in [1.82, 2.24) is 0 Å². The van der Waals surface area contributed by atoms with Crippen LogP contribution in [0, 0.1) is 0 Å². The Balaban J connectivity index is 2.98. The number of alkyl halides is 4. The lowest BCUT2D eigenvalue weighted by atomic mass is 10.1. The number of benzene rings is 1. The van der Waals surface area contributed by atoms with E-state index in [2.05, 4.69) is 0 Å². The summed E-state index contributed by atoms with van der Waals surface area (Å²) in [6, 6.07) is 2.37. The van der Waals surface area contributed by atoms with E-state index in [4.69, 9.17) is 10.2 Å². The number of carboxylic acids is 1. The molecule has 0 aromatic heterocycles. The number of carboxylic acid groups (broad SMARTS) is 1. The average molecular weight is 281 g/mol. The van der Waals surface area contributed by atoms with Gasteiger partial charge in [0, 0.05) is 5.69 Å². The topological polar surface area (TPSA) is 86.6 Å². The Morgan fingerprint density at radius 3 is 2.32 bits per heavy atom. The van der Waals surface area contributed by atoms with Crippen molar-refractivity contribution in [3.8, 4) is 5.75 Å². The molecule has 0 unspecified atom stereocenters. The van der Waals surface area contributed by atoms with E-state index in [0.717, 1.165) is 12.1 Å². The Labute approximate surface area is 103 Å². The molecule has 0 saturated heterocycles. The molecule has 19 heavy (non-hydrogen) atoms. The highest BCUT2D eigenvalue weighted by atomic mass is 19.3. The van der Waals surface area contributed by atoms with Crippen molar-refractivity contribution < 1.29 is 37.4 Å². The molecule has 104 valence electrons. The van der Waals surface area contributed by atoms with Gasteiger partial charge in [-0.25, -0.2) is 13.6 Å². The molecule has 0 aliphatic rings. The molecule has 0 fully saturated rings. The predicted molar refractivity (Wildman–Crippen MR) is 54.6 cm³/mol. The molecule has 1 rings (SSSR count). The van der Waals surface area contributed by atoms with Crippen LogP contribution in [0.5, 0.6) is 5.75 Å². The number of aromatic hydroxyl groups is 1. The Morgan fingerprint density at radius 1 is 1.26 bits per heavy atom. The summed E-state index contributed by atoms with van der Waals surface area (Å²) in [5.74, 6) is -9.41. The molecule has 5 nitrogen and oxygen atoms in total. The second-order valence-electron chi connectivity index (χ2n) is 3.41. The van der Waals surface area contributed by atoms with Crippen molar-refractivity contribution >= 4 is 17.6 Å². The molecular formula is C10H7F4NO4. The number of nitrogens with one attached hydrogen (secondary N) is 1. The second kappa shape index (κ2) is 5.12. The summed E-state index contributed by atoms with van der Waals surface area (Å²) in [5.41, 5.74) is -1.13. The van der Waals surface area contributed by atoms with Gasteiger partial charge in [0.2, 0.25) is 0 Å². The number of rotatable bonds is 4. The smallest absolute Gasteiger partial charge is 0.383 e. The third-order valence-electron chi connectivity index (χ3n) is 2.06. The number of amides is 1.